The zero-order chi connectivity index (χ0) is 16.7. The second-order valence-electron chi connectivity index (χ2n) is 7.38. The quantitative estimate of drug-likeness (QED) is 0.867. The van der Waals surface area contributed by atoms with E-state index in [-0.39, 0.29) is 0 Å². The van der Waals surface area contributed by atoms with Gasteiger partial charge >= 0.3 is 0 Å². The molecule has 128 valence electrons. The van der Waals surface area contributed by atoms with Crippen molar-refractivity contribution < 1.29 is 4.79 Å². The van der Waals surface area contributed by atoms with E-state index in [1.807, 2.05) is 18.0 Å². The van der Waals surface area contributed by atoms with Crippen molar-refractivity contribution in [3.8, 4) is 0 Å². The van der Waals surface area contributed by atoms with E-state index in [0.29, 0.717) is 17.7 Å². The highest BCUT2D eigenvalue weighted by Crippen LogP contribution is 2.31. The molecule has 2 aliphatic rings. The molecular weight excluding hydrogens is 300 g/mol. The molecule has 1 aliphatic carbocycles. The predicted molar refractivity (Wildman–Crippen MR) is 96.0 cm³/mol. The van der Waals surface area contributed by atoms with Crippen LogP contribution in [0.25, 0.3) is 11.0 Å². The van der Waals surface area contributed by atoms with Gasteiger partial charge in [-0.3, -0.25) is 4.79 Å². The molecule has 1 aromatic heterocycles. The summed E-state index contributed by atoms with van der Waals surface area (Å²) in [7, 11) is 4.07. The van der Waals surface area contributed by atoms with E-state index in [0.717, 1.165) is 56.8 Å². The van der Waals surface area contributed by atoms with Gasteiger partial charge < -0.3 is 14.4 Å². The molecule has 1 saturated carbocycles. The molecule has 2 aromatic rings. The van der Waals surface area contributed by atoms with E-state index in [9.17, 15) is 4.79 Å². The Balaban J connectivity index is 1.38. The van der Waals surface area contributed by atoms with Gasteiger partial charge in [-0.15, -0.1) is 0 Å². The van der Waals surface area contributed by atoms with Crippen molar-refractivity contribution in [3.05, 3.63) is 24.3 Å². The molecule has 4 rings (SSSR count). The maximum atomic E-state index is 12.1. The first-order valence-electron chi connectivity index (χ1n) is 9.05. The van der Waals surface area contributed by atoms with Gasteiger partial charge in [-0.1, -0.05) is 12.1 Å². The third-order valence-electron chi connectivity index (χ3n) is 5.50. The number of para-hydroxylation sites is 2. The Morgan fingerprint density at radius 2 is 1.92 bits per heavy atom. The summed E-state index contributed by atoms with van der Waals surface area (Å²) in [6.45, 7) is 2.95. The van der Waals surface area contributed by atoms with Crippen molar-refractivity contribution in [3.63, 3.8) is 0 Å². The molecule has 0 atom stereocenters. The van der Waals surface area contributed by atoms with Gasteiger partial charge in [0.25, 0.3) is 0 Å². The number of amides is 1. The Morgan fingerprint density at radius 1 is 1.21 bits per heavy atom. The highest BCUT2D eigenvalue weighted by atomic mass is 16.2. The number of carbonyl (C=O) groups excluding carboxylic acids is 1. The number of benzene rings is 1. The molecule has 5 heteroatoms. The standard InChI is InChI=1S/C19H26N4O/c1-21(18(24)15-7-8-15)13-14-9-11-23(12-10-14)19-20-16-5-3-4-6-17(16)22(19)2/h3-6,14-15H,7-13H2,1-2H3. The minimum absolute atomic E-state index is 0.329. The number of imidazole rings is 1. The van der Waals surface area contributed by atoms with Crippen molar-refractivity contribution in [2.24, 2.45) is 18.9 Å². The zero-order valence-electron chi connectivity index (χ0n) is 14.6. The Bertz CT molecular complexity index is 741. The smallest absolute Gasteiger partial charge is 0.225 e. The lowest BCUT2D eigenvalue weighted by Gasteiger charge is -2.34. The highest BCUT2D eigenvalue weighted by molar-refractivity contribution is 5.80. The first kappa shape index (κ1) is 15.5. The van der Waals surface area contributed by atoms with Crippen LogP contribution in [0.5, 0.6) is 0 Å². The number of aromatic nitrogens is 2. The van der Waals surface area contributed by atoms with Crippen LogP contribution >= 0.6 is 0 Å². The van der Waals surface area contributed by atoms with Gasteiger partial charge in [0.05, 0.1) is 11.0 Å². The molecule has 1 amide bonds. The number of hydrogen-bond donors (Lipinski definition) is 0. The third-order valence-corrected chi connectivity index (χ3v) is 5.50. The number of carbonyl (C=O) groups is 1. The summed E-state index contributed by atoms with van der Waals surface area (Å²) < 4.78 is 2.19. The SMILES string of the molecule is CN(CC1CCN(c2nc3ccccc3n2C)CC1)C(=O)C1CC1. The molecule has 1 aliphatic heterocycles. The summed E-state index contributed by atoms with van der Waals surface area (Å²) in [5, 5.41) is 0. The van der Waals surface area contributed by atoms with Crippen molar-refractivity contribution in [2.45, 2.75) is 25.7 Å². The van der Waals surface area contributed by atoms with Gasteiger partial charge in [-0.2, -0.15) is 0 Å². The van der Waals surface area contributed by atoms with E-state index in [1.165, 1.54) is 5.52 Å². The average molecular weight is 326 g/mol. The zero-order valence-corrected chi connectivity index (χ0v) is 14.6. The fourth-order valence-electron chi connectivity index (χ4n) is 3.85. The normalized spacial score (nSPS) is 19.0. The Hall–Kier alpha value is -2.04. The van der Waals surface area contributed by atoms with Gasteiger partial charge in [0.15, 0.2) is 0 Å². The Labute approximate surface area is 143 Å². The molecule has 0 spiro atoms. The fraction of sp³-hybridized carbons (Fsp3) is 0.579. The number of anilines is 1. The van der Waals surface area contributed by atoms with E-state index >= 15 is 0 Å². The molecule has 24 heavy (non-hydrogen) atoms. The number of hydrogen-bond acceptors (Lipinski definition) is 3. The van der Waals surface area contributed by atoms with Gasteiger partial charge in [0.2, 0.25) is 11.9 Å². The average Bonchev–Trinajstić information content (AvgIpc) is 3.40. The minimum Gasteiger partial charge on any atom is -0.345 e. The lowest BCUT2D eigenvalue weighted by Crippen LogP contribution is -2.40. The molecule has 0 unspecified atom stereocenters. The second kappa shape index (κ2) is 6.11. The maximum Gasteiger partial charge on any atom is 0.225 e. The van der Waals surface area contributed by atoms with Gasteiger partial charge in [-0.25, -0.2) is 4.98 Å². The van der Waals surface area contributed by atoms with Crippen LogP contribution in [0.15, 0.2) is 24.3 Å². The summed E-state index contributed by atoms with van der Waals surface area (Å²) in [5.74, 6) is 2.36. The van der Waals surface area contributed by atoms with Crippen molar-refractivity contribution >= 4 is 22.9 Å². The van der Waals surface area contributed by atoms with Gasteiger partial charge in [0, 0.05) is 39.6 Å². The van der Waals surface area contributed by atoms with Crippen molar-refractivity contribution in [2.75, 3.05) is 31.6 Å². The summed E-state index contributed by atoms with van der Waals surface area (Å²) in [4.78, 5) is 21.3. The van der Waals surface area contributed by atoms with Crippen molar-refractivity contribution in [1.29, 1.82) is 0 Å². The number of aryl methyl sites for hydroxylation is 1. The molecule has 1 aromatic carbocycles. The topological polar surface area (TPSA) is 41.4 Å². The minimum atomic E-state index is 0.329. The fourth-order valence-corrected chi connectivity index (χ4v) is 3.85. The van der Waals surface area contributed by atoms with Gasteiger partial charge in [0.1, 0.15) is 0 Å². The van der Waals surface area contributed by atoms with Crippen LogP contribution in [0.3, 0.4) is 0 Å². The number of fused-ring (bicyclic) bond motifs is 1. The molecule has 1 saturated heterocycles. The third kappa shape index (κ3) is 2.87. The summed E-state index contributed by atoms with van der Waals surface area (Å²) in [6.07, 6.45) is 4.44. The summed E-state index contributed by atoms with van der Waals surface area (Å²) >= 11 is 0. The number of piperidine rings is 1. The van der Waals surface area contributed by atoms with Crippen molar-refractivity contribution in [1.82, 2.24) is 14.5 Å². The Morgan fingerprint density at radius 3 is 2.58 bits per heavy atom. The van der Waals surface area contributed by atoms with Crippen LogP contribution in [0.1, 0.15) is 25.7 Å². The molecule has 0 radical (unpaired) electrons. The first-order chi connectivity index (χ1) is 11.6. The van der Waals surface area contributed by atoms with Crippen LogP contribution in [-0.4, -0.2) is 47.0 Å². The van der Waals surface area contributed by atoms with Crippen LogP contribution in [0.2, 0.25) is 0 Å². The number of nitrogens with zero attached hydrogens (tertiary/aromatic N) is 4. The molecular formula is C19H26N4O. The molecule has 2 heterocycles. The largest absolute Gasteiger partial charge is 0.345 e. The Kier molecular flexibility index (Phi) is 3.94. The van der Waals surface area contributed by atoms with Crippen LogP contribution in [-0.2, 0) is 11.8 Å². The second-order valence-corrected chi connectivity index (χ2v) is 7.38. The molecule has 5 nitrogen and oxygen atoms in total. The highest BCUT2D eigenvalue weighted by Gasteiger charge is 2.33. The monoisotopic (exact) mass is 326 g/mol. The van der Waals surface area contributed by atoms with Crippen LogP contribution in [0, 0.1) is 11.8 Å². The lowest BCUT2D eigenvalue weighted by molar-refractivity contribution is -0.131. The summed E-state index contributed by atoms with van der Waals surface area (Å²) in [6, 6.07) is 8.30. The first-order valence-corrected chi connectivity index (χ1v) is 9.05. The van der Waals surface area contributed by atoms with E-state index in [1.54, 1.807) is 0 Å². The van der Waals surface area contributed by atoms with E-state index in [2.05, 4.69) is 34.7 Å². The number of rotatable bonds is 4. The predicted octanol–water partition coefficient (Wildman–Crippen LogP) is 2.66. The van der Waals surface area contributed by atoms with E-state index < -0.39 is 0 Å². The molecule has 2 fully saturated rings. The van der Waals surface area contributed by atoms with Crippen LogP contribution in [0.4, 0.5) is 5.95 Å². The van der Waals surface area contributed by atoms with Gasteiger partial charge in [-0.05, 0) is 43.7 Å². The summed E-state index contributed by atoms with van der Waals surface area (Å²) in [5.41, 5.74) is 2.25. The molecule has 0 N–H and O–H groups in total. The molecule has 0 bridgehead atoms. The maximum absolute atomic E-state index is 12.1. The van der Waals surface area contributed by atoms with E-state index in [4.69, 9.17) is 4.98 Å². The lowest BCUT2D eigenvalue weighted by atomic mass is 9.96. The van der Waals surface area contributed by atoms with Crippen LogP contribution < -0.4 is 4.90 Å².